The number of anilines is 3. The molecule has 3 aromatic heterocycles. The van der Waals surface area contributed by atoms with Crippen molar-refractivity contribution < 1.29 is 0 Å². The summed E-state index contributed by atoms with van der Waals surface area (Å²) in [7, 11) is 0. The third kappa shape index (κ3) is 3.91. The molecule has 0 bridgehead atoms. The van der Waals surface area contributed by atoms with Gasteiger partial charge in [0.05, 0.1) is 5.52 Å². The van der Waals surface area contributed by atoms with Crippen LogP contribution in [0, 0.1) is 0 Å². The van der Waals surface area contributed by atoms with Crippen LogP contribution in [0.25, 0.3) is 57.1 Å². The first-order chi connectivity index (χ1) is 21.2. The Kier molecular flexibility index (Phi) is 5.63. The van der Waals surface area contributed by atoms with Crippen LogP contribution in [0.15, 0.2) is 140 Å². The van der Waals surface area contributed by atoms with E-state index in [0.29, 0.717) is 0 Å². The minimum Gasteiger partial charge on any atom is -0.310 e. The maximum absolute atomic E-state index is 6.51. The molecule has 3 heterocycles. The third-order valence-corrected chi connectivity index (χ3v) is 10.8. The largest absolute Gasteiger partial charge is 0.310 e. The van der Waals surface area contributed by atoms with Crippen molar-refractivity contribution in [1.29, 1.82) is 0 Å². The molecule has 0 aliphatic carbocycles. The molecule has 0 unspecified atom stereocenters. The van der Waals surface area contributed by atoms with Gasteiger partial charge >= 0.3 is 0 Å². The van der Waals surface area contributed by atoms with E-state index in [2.05, 4.69) is 143 Å². The van der Waals surface area contributed by atoms with Gasteiger partial charge in [0, 0.05) is 68.8 Å². The quantitative estimate of drug-likeness (QED) is 0.193. The van der Waals surface area contributed by atoms with E-state index in [4.69, 9.17) is 11.6 Å². The Hall–Kier alpha value is -4.61. The van der Waals surface area contributed by atoms with Crippen LogP contribution < -0.4 is 4.90 Å². The van der Waals surface area contributed by atoms with Gasteiger partial charge in [-0.15, -0.1) is 22.7 Å². The Morgan fingerprint density at radius 3 is 2.00 bits per heavy atom. The topological polar surface area (TPSA) is 8.17 Å². The van der Waals surface area contributed by atoms with Crippen LogP contribution >= 0.6 is 34.3 Å². The standard InChI is InChI=1S/C38H23ClN2S2/c39-24-15-20-35-32(21-24)37-31-19-17-27(22-33(31)41(38(37)43-35)26-11-5-2-6-12-26)40(25-9-3-1-4-10-25)28-16-18-30-29-13-7-8-14-34(29)42-36(30)23-28/h1-23H. The SMILES string of the molecule is Clc1ccc2sc3c(c2c1)c1ccc(N(c2ccccc2)c2ccc4c(c2)sc2ccccc24)cc1n3-c1ccccc1. The third-order valence-electron chi connectivity index (χ3n) is 8.23. The van der Waals surface area contributed by atoms with Gasteiger partial charge in [-0.05, 0) is 72.8 Å². The van der Waals surface area contributed by atoms with E-state index < -0.39 is 0 Å². The molecule has 43 heavy (non-hydrogen) atoms. The predicted octanol–water partition coefficient (Wildman–Crippen LogP) is 12.5. The fourth-order valence-corrected chi connectivity index (χ4v) is 8.89. The maximum atomic E-state index is 6.51. The minimum absolute atomic E-state index is 0.760. The summed E-state index contributed by atoms with van der Waals surface area (Å²) >= 11 is 10.2. The number of aromatic nitrogens is 1. The van der Waals surface area contributed by atoms with E-state index in [1.807, 2.05) is 28.7 Å². The summed E-state index contributed by atoms with van der Waals surface area (Å²) in [4.78, 5) is 3.60. The molecule has 2 nitrogen and oxygen atoms in total. The number of rotatable bonds is 4. The highest BCUT2D eigenvalue weighted by Gasteiger charge is 2.21. The van der Waals surface area contributed by atoms with Gasteiger partial charge in [-0.2, -0.15) is 0 Å². The molecule has 9 rings (SSSR count). The summed E-state index contributed by atoms with van der Waals surface area (Å²) in [5, 5.41) is 7.06. The fraction of sp³-hybridized carbons (Fsp3) is 0. The van der Waals surface area contributed by atoms with Crippen molar-refractivity contribution in [2.24, 2.45) is 0 Å². The van der Waals surface area contributed by atoms with Crippen LogP contribution in [0.1, 0.15) is 0 Å². The first-order valence-corrected chi connectivity index (χ1v) is 16.2. The Morgan fingerprint density at radius 1 is 0.488 bits per heavy atom. The molecule has 5 heteroatoms. The molecule has 204 valence electrons. The second kappa shape index (κ2) is 9.72. The van der Waals surface area contributed by atoms with Gasteiger partial charge in [-0.3, -0.25) is 0 Å². The predicted molar refractivity (Wildman–Crippen MR) is 189 cm³/mol. The van der Waals surface area contributed by atoms with Crippen LogP contribution in [0.5, 0.6) is 0 Å². The minimum atomic E-state index is 0.760. The number of halogens is 1. The van der Waals surface area contributed by atoms with E-state index in [9.17, 15) is 0 Å². The maximum Gasteiger partial charge on any atom is 0.109 e. The summed E-state index contributed by atoms with van der Waals surface area (Å²) in [5.41, 5.74) is 5.70. The highest BCUT2D eigenvalue weighted by molar-refractivity contribution is 7.26. The zero-order valence-electron chi connectivity index (χ0n) is 22.9. The molecule has 0 spiro atoms. The first kappa shape index (κ1) is 24.9. The van der Waals surface area contributed by atoms with Gasteiger partial charge < -0.3 is 9.47 Å². The first-order valence-electron chi connectivity index (χ1n) is 14.2. The summed E-state index contributed by atoms with van der Waals surface area (Å²) in [6.45, 7) is 0. The highest BCUT2D eigenvalue weighted by Crippen LogP contribution is 2.46. The van der Waals surface area contributed by atoms with E-state index in [-0.39, 0.29) is 0 Å². The van der Waals surface area contributed by atoms with Crippen molar-refractivity contribution in [3.05, 3.63) is 145 Å². The molecule has 0 fully saturated rings. The fourth-order valence-electron chi connectivity index (χ4n) is 6.35. The molecule has 0 amide bonds. The molecule has 9 aromatic rings. The molecule has 0 N–H and O–H groups in total. The zero-order valence-corrected chi connectivity index (χ0v) is 25.3. The normalized spacial score (nSPS) is 11.8. The highest BCUT2D eigenvalue weighted by atomic mass is 35.5. The van der Waals surface area contributed by atoms with Gasteiger partial charge in [0.2, 0.25) is 0 Å². The zero-order chi connectivity index (χ0) is 28.5. The monoisotopic (exact) mass is 606 g/mol. The van der Waals surface area contributed by atoms with E-state index in [1.54, 1.807) is 0 Å². The summed E-state index contributed by atoms with van der Waals surface area (Å²) in [6.07, 6.45) is 0. The van der Waals surface area contributed by atoms with Gasteiger partial charge in [0.15, 0.2) is 0 Å². The Morgan fingerprint density at radius 2 is 1.16 bits per heavy atom. The average Bonchev–Trinajstić information content (AvgIpc) is 3.70. The van der Waals surface area contributed by atoms with Crippen LogP contribution in [0.4, 0.5) is 17.1 Å². The lowest BCUT2D eigenvalue weighted by Crippen LogP contribution is -2.09. The van der Waals surface area contributed by atoms with Crippen molar-refractivity contribution >= 4 is 103 Å². The van der Waals surface area contributed by atoms with Gasteiger partial charge in [0.25, 0.3) is 0 Å². The van der Waals surface area contributed by atoms with E-state index in [1.165, 1.54) is 51.4 Å². The number of thiophene rings is 2. The van der Waals surface area contributed by atoms with Crippen LogP contribution in [-0.4, -0.2) is 4.57 Å². The molecule has 0 radical (unpaired) electrons. The molecule has 0 saturated carbocycles. The van der Waals surface area contributed by atoms with Gasteiger partial charge in [-0.1, -0.05) is 78.3 Å². The van der Waals surface area contributed by atoms with Crippen molar-refractivity contribution in [1.82, 2.24) is 4.57 Å². The number of nitrogens with zero attached hydrogens (tertiary/aromatic N) is 2. The van der Waals surface area contributed by atoms with Crippen molar-refractivity contribution in [2.75, 3.05) is 4.90 Å². The van der Waals surface area contributed by atoms with Crippen molar-refractivity contribution in [2.45, 2.75) is 0 Å². The Bertz CT molecular complexity index is 2470. The number of fused-ring (bicyclic) bond motifs is 8. The second-order valence-corrected chi connectivity index (χ2v) is 13.3. The Labute approximate surface area is 261 Å². The second-order valence-electron chi connectivity index (χ2n) is 10.7. The molecular formula is C38H23ClN2S2. The lowest BCUT2D eigenvalue weighted by Gasteiger charge is -2.26. The summed E-state index contributed by atoms with van der Waals surface area (Å²) < 4.78 is 6.26. The lowest BCUT2D eigenvalue weighted by molar-refractivity contribution is 1.19. The summed E-state index contributed by atoms with van der Waals surface area (Å²) in [5.74, 6) is 0. The average molecular weight is 607 g/mol. The molecule has 0 aliphatic heterocycles. The molecule has 0 saturated heterocycles. The number of hydrogen-bond donors (Lipinski definition) is 0. The van der Waals surface area contributed by atoms with Crippen LogP contribution in [-0.2, 0) is 0 Å². The van der Waals surface area contributed by atoms with Crippen molar-refractivity contribution in [3.63, 3.8) is 0 Å². The van der Waals surface area contributed by atoms with E-state index >= 15 is 0 Å². The van der Waals surface area contributed by atoms with Crippen LogP contribution in [0.2, 0.25) is 5.02 Å². The smallest absolute Gasteiger partial charge is 0.109 e. The molecular weight excluding hydrogens is 584 g/mol. The lowest BCUT2D eigenvalue weighted by atomic mass is 10.1. The van der Waals surface area contributed by atoms with Gasteiger partial charge in [-0.25, -0.2) is 0 Å². The van der Waals surface area contributed by atoms with Gasteiger partial charge in [0.1, 0.15) is 4.83 Å². The molecule has 0 atom stereocenters. The van der Waals surface area contributed by atoms with E-state index in [0.717, 1.165) is 27.8 Å². The molecule has 6 aromatic carbocycles. The van der Waals surface area contributed by atoms with Crippen LogP contribution in [0.3, 0.4) is 0 Å². The Balaban J connectivity index is 1.32. The number of para-hydroxylation sites is 2. The number of benzene rings is 6. The molecule has 0 aliphatic rings. The summed E-state index contributed by atoms with van der Waals surface area (Å²) in [6, 6.07) is 50.0. The van der Waals surface area contributed by atoms with Crippen molar-refractivity contribution in [3.8, 4) is 5.69 Å². The number of hydrogen-bond acceptors (Lipinski definition) is 3.